The first kappa shape index (κ1) is 28.0. The van der Waals surface area contributed by atoms with Crippen LogP contribution in [0.15, 0.2) is 42.5 Å². The third kappa shape index (κ3) is 7.91. The molecule has 35 heavy (non-hydrogen) atoms. The molecule has 0 bridgehead atoms. The monoisotopic (exact) mass is 511 g/mol. The molecule has 0 saturated carbocycles. The summed E-state index contributed by atoms with van der Waals surface area (Å²) in [6.45, 7) is 5.10. The van der Waals surface area contributed by atoms with E-state index in [0.717, 1.165) is 18.4 Å². The molecular formula is C24H31F2N3O5S. The third-order valence-corrected chi connectivity index (χ3v) is 6.37. The highest BCUT2D eigenvalue weighted by Gasteiger charge is 2.30. The van der Waals surface area contributed by atoms with Crippen molar-refractivity contribution < 1.29 is 31.5 Å². The smallest absolute Gasteiger partial charge is 0.244 e. The lowest BCUT2D eigenvalue weighted by atomic mass is 10.1. The molecule has 0 aliphatic rings. The molecule has 2 amide bonds. The van der Waals surface area contributed by atoms with Gasteiger partial charge in [-0.2, -0.15) is 0 Å². The van der Waals surface area contributed by atoms with Gasteiger partial charge in [-0.1, -0.05) is 26.0 Å². The van der Waals surface area contributed by atoms with E-state index in [1.54, 1.807) is 31.2 Å². The number of benzene rings is 2. The van der Waals surface area contributed by atoms with Gasteiger partial charge in [-0.3, -0.25) is 13.9 Å². The molecule has 2 aromatic rings. The van der Waals surface area contributed by atoms with E-state index in [1.807, 2.05) is 13.8 Å². The molecule has 0 unspecified atom stereocenters. The van der Waals surface area contributed by atoms with E-state index in [4.69, 9.17) is 4.74 Å². The number of hydrogen-bond donors (Lipinski definition) is 1. The van der Waals surface area contributed by atoms with Crippen molar-refractivity contribution in [3.8, 4) is 5.75 Å². The van der Waals surface area contributed by atoms with E-state index in [1.165, 1.54) is 12.0 Å². The quantitative estimate of drug-likeness (QED) is 0.501. The van der Waals surface area contributed by atoms with E-state index in [2.05, 4.69) is 5.32 Å². The zero-order chi connectivity index (χ0) is 26.3. The van der Waals surface area contributed by atoms with Crippen LogP contribution in [-0.4, -0.2) is 57.6 Å². The fourth-order valence-corrected chi connectivity index (χ4v) is 4.06. The van der Waals surface area contributed by atoms with E-state index in [0.29, 0.717) is 28.2 Å². The van der Waals surface area contributed by atoms with E-state index in [9.17, 15) is 26.8 Å². The average molecular weight is 512 g/mol. The molecule has 0 aromatic heterocycles. The van der Waals surface area contributed by atoms with Gasteiger partial charge in [0.05, 0.1) is 19.1 Å². The topological polar surface area (TPSA) is 96.0 Å². The highest BCUT2D eigenvalue weighted by Crippen LogP contribution is 2.22. The molecule has 0 radical (unpaired) electrons. The SMILES string of the molecule is COc1ccc(CN(C(=O)CN(c2ccc(F)c(F)c2)S(C)(=O)=O)[C@@H](C)C(=O)NCC(C)C)cc1. The predicted molar refractivity (Wildman–Crippen MR) is 129 cm³/mol. The number of sulfonamides is 1. The zero-order valence-electron chi connectivity index (χ0n) is 20.4. The van der Waals surface area contributed by atoms with Crippen LogP contribution in [0.2, 0.25) is 0 Å². The molecular weight excluding hydrogens is 480 g/mol. The highest BCUT2D eigenvalue weighted by atomic mass is 32.2. The first-order valence-corrected chi connectivity index (χ1v) is 12.8. The van der Waals surface area contributed by atoms with Crippen LogP contribution in [0.5, 0.6) is 5.75 Å². The third-order valence-electron chi connectivity index (χ3n) is 5.23. The summed E-state index contributed by atoms with van der Waals surface area (Å²) in [5.41, 5.74) is 0.474. The standard InChI is InChI=1S/C24H31F2N3O5S/c1-16(2)13-27-24(31)17(3)28(14-18-6-9-20(34-4)10-7-18)23(30)15-29(35(5,32)33)19-8-11-21(25)22(26)12-19/h6-12,16-17H,13-15H2,1-5H3,(H,27,31)/t17-/m0/s1. The van der Waals surface area contributed by atoms with Gasteiger partial charge >= 0.3 is 0 Å². The maximum Gasteiger partial charge on any atom is 0.244 e. The molecule has 2 rings (SSSR count). The summed E-state index contributed by atoms with van der Waals surface area (Å²) in [5, 5.41) is 2.77. The van der Waals surface area contributed by atoms with Crippen LogP contribution in [0.1, 0.15) is 26.3 Å². The zero-order valence-corrected chi connectivity index (χ0v) is 21.2. The van der Waals surface area contributed by atoms with Crippen LogP contribution in [0.4, 0.5) is 14.5 Å². The normalized spacial score (nSPS) is 12.2. The Bertz CT molecular complexity index is 1140. The Morgan fingerprint density at radius 1 is 1.03 bits per heavy atom. The molecule has 8 nitrogen and oxygen atoms in total. The predicted octanol–water partition coefficient (Wildman–Crippen LogP) is 2.93. The number of carbonyl (C=O) groups excluding carboxylic acids is 2. The van der Waals surface area contributed by atoms with Gasteiger partial charge < -0.3 is 15.0 Å². The molecule has 0 spiro atoms. The van der Waals surface area contributed by atoms with Crippen molar-refractivity contribution in [1.82, 2.24) is 10.2 Å². The second-order valence-electron chi connectivity index (χ2n) is 8.55. The molecule has 2 aromatic carbocycles. The Labute approximate surface area is 204 Å². The molecule has 192 valence electrons. The number of rotatable bonds is 11. The van der Waals surface area contributed by atoms with Crippen molar-refractivity contribution in [1.29, 1.82) is 0 Å². The van der Waals surface area contributed by atoms with E-state index < -0.39 is 46.1 Å². The molecule has 0 saturated heterocycles. The Balaban J connectivity index is 2.38. The Hall–Kier alpha value is -3.21. The molecule has 1 atom stereocenters. The first-order chi connectivity index (χ1) is 16.3. The maximum absolute atomic E-state index is 13.8. The maximum atomic E-state index is 13.8. The number of anilines is 1. The molecule has 0 aliphatic carbocycles. The second kappa shape index (κ2) is 12.0. The molecule has 0 aliphatic heterocycles. The van der Waals surface area contributed by atoms with Gasteiger partial charge in [0.25, 0.3) is 0 Å². The van der Waals surface area contributed by atoms with Gasteiger partial charge in [0.15, 0.2) is 11.6 Å². The van der Waals surface area contributed by atoms with Gasteiger partial charge in [-0.15, -0.1) is 0 Å². The summed E-state index contributed by atoms with van der Waals surface area (Å²) in [5.74, 6) is -2.70. The van der Waals surface area contributed by atoms with E-state index >= 15 is 0 Å². The lowest BCUT2D eigenvalue weighted by molar-refractivity contribution is -0.139. The Kier molecular flexibility index (Phi) is 9.58. The van der Waals surface area contributed by atoms with Crippen LogP contribution < -0.4 is 14.4 Å². The van der Waals surface area contributed by atoms with Gasteiger partial charge in [0.1, 0.15) is 18.3 Å². The lowest BCUT2D eigenvalue weighted by Crippen LogP contribution is -2.51. The number of hydrogen-bond acceptors (Lipinski definition) is 5. The Morgan fingerprint density at radius 3 is 2.17 bits per heavy atom. The number of nitrogens with one attached hydrogen (secondary N) is 1. The van der Waals surface area contributed by atoms with E-state index in [-0.39, 0.29) is 18.2 Å². The number of nitrogens with zero attached hydrogens (tertiary/aromatic N) is 2. The summed E-state index contributed by atoms with van der Waals surface area (Å²) in [4.78, 5) is 27.4. The van der Waals surface area contributed by atoms with Gasteiger partial charge in [0, 0.05) is 19.2 Å². The number of methoxy groups -OCH3 is 1. The fraction of sp³-hybridized carbons (Fsp3) is 0.417. The molecule has 11 heteroatoms. The number of ether oxygens (including phenoxy) is 1. The lowest BCUT2D eigenvalue weighted by Gasteiger charge is -2.31. The first-order valence-electron chi connectivity index (χ1n) is 11.0. The number of amides is 2. The van der Waals surface area contributed by atoms with Crippen LogP contribution in [0.25, 0.3) is 0 Å². The van der Waals surface area contributed by atoms with Crippen molar-refractivity contribution in [3.05, 3.63) is 59.7 Å². The minimum Gasteiger partial charge on any atom is -0.497 e. The summed E-state index contributed by atoms with van der Waals surface area (Å²) in [6, 6.07) is 8.47. The van der Waals surface area contributed by atoms with Crippen LogP contribution >= 0.6 is 0 Å². The van der Waals surface area contributed by atoms with Crippen molar-refractivity contribution in [2.45, 2.75) is 33.4 Å². The molecule has 0 fully saturated rings. The van der Waals surface area contributed by atoms with Crippen molar-refractivity contribution in [2.75, 3.05) is 30.8 Å². The summed E-state index contributed by atoms with van der Waals surface area (Å²) >= 11 is 0. The van der Waals surface area contributed by atoms with Gasteiger partial charge in [-0.05, 0) is 42.7 Å². The molecule has 0 heterocycles. The largest absolute Gasteiger partial charge is 0.497 e. The van der Waals surface area contributed by atoms with Crippen LogP contribution in [0.3, 0.4) is 0 Å². The second-order valence-corrected chi connectivity index (χ2v) is 10.5. The number of halogens is 2. The van der Waals surface area contributed by atoms with Gasteiger partial charge in [0.2, 0.25) is 21.8 Å². The van der Waals surface area contributed by atoms with Crippen LogP contribution in [0, 0.1) is 17.6 Å². The van der Waals surface area contributed by atoms with Crippen molar-refractivity contribution in [2.24, 2.45) is 5.92 Å². The minimum absolute atomic E-state index is 0.00841. The minimum atomic E-state index is -4.05. The summed E-state index contributed by atoms with van der Waals surface area (Å²) in [7, 11) is -2.53. The van der Waals surface area contributed by atoms with Gasteiger partial charge in [-0.25, -0.2) is 17.2 Å². The highest BCUT2D eigenvalue weighted by molar-refractivity contribution is 7.92. The summed E-state index contributed by atoms with van der Waals surface area (Å²) < 4.78 is 57.9. The summed E-state index contributed by atoms with van der Waals surface area (Å²) in [6.07, 6.45) is 0.855. The van der Waals surface area contributed by atoms with Crippen molar-refractivity contribution >= 4 is 27.5 Å². The molecule has 1 N–H and O–H groups in total. The van der Waals surface area contributed by atoms with Crippen LogP contribution in [-0.2, 0) is 26.2 Å². The average Bonchev–Trinajstić information content (AvgIpc) is 2.80. The fourth-order valence-electron chi connectivity index (χ4n) is 3.22. The Morgan fingerprint density at radius 2 is 1.66 bits per heavy atom. The number of carbonyl (C=O) groups is 2. The van der Waals surface area contributed by atoms with Crippen molar-refractivity contribution in [3.63, 3.8) is 0 Å².